The largest absolute Gasteiger partial charge is 0.468 e. The van der Waals surface area contributed by atoms with Crippen LogP contribution in [0.5, 0.6) is 0 Å². The second kappa shape index (κ2) is 6.56. The number of nitrogens with one attached hydrogen (secondary N) is 1. The number of para-hydroxylation sites is 1. The van der Waals surface area contributed by atoms with E-state index in [0.29, 0.717) is 5.69 Å². The van der Waals surface area contributed by atoms with E-state index in [1.807, 2.05) is 37.3 Å². The van der Waals surface area contributed by atoms with Crippen LogP contribution in [0.15, 0.2) is 54.6 Å². The minimum atomic E-state index is -1.29. The lowest BCUT2D eigenvalue weighted by Gasteiger charge is -2.28. The van der Waals surface area contributed by atoms with Gasteiger partial charge >= 0.3 is 5.97 Å². The normalized spacial score (nSPS) is 29.1. The monoisotopic (exact) mass is 378 g/mol. The summed E-state index contributed by atoms with van der Waals surface area (Å²) < 4.78 is 4.99. The lowest BCUT2D eigenvalue weighted by molar-refractivity contribution is -0.151. The number of methoxy groups -OCH3 is 1. The van der Waals surface area contributed by atoms with E-state index in [1.54, 1.807) is 31.2 Å². The van der Waals surface area contributed by atoms with Gasteiger partial charge in [0.05, 0.1) is 24.6 Å². The zero-order valence-electron chi connectivity index (χ0n) is 16.0. The van der Waals surface area contributed by atoms with Crippen molar-refractivity contribution in [1.82, 2.24) is 5.32 Å². The number of esters is 1. The molecule has 2 fully saturated rings. The number of carbonyl (C=O) groups is 3. The smallest absolute Gasteiger partial charge is 0.326 e. The fraction of sp³-hybridized carbons (Fsp3) is 0.318. The van der Waals surface area contributed by atoms with E-state index in [4.69, 9.17) is 4.74 Å². The second-order valence-corrected chi connectivity index (χ2v) is 7.58. The van der Waals surface area contributed by atoms with Gasteiger partial charge in [-0.05, 0) is 31.5 Å². The van der Waals surface area contributed by atoms with E-state index in [2.05, 4.69) is 5.32 Å². The fourth-order valence-electron chi connectivity index (χ4n) is 4.52. The van der Waals surface area contributed by atoms with Crippen LogP contribution in [0.25, 0.3) is 0 Å². The molecule has 6 heteroatoms. The molecule has 0 aliphatic carbocycles. The number of benzene rings is 2. The topological polar surface area (TPSA) is 75.7 Å². The lowest BCUT2D eigenvalue weighted by atomic mass is 9.80. The molecule has 2 aromatic carbocycles. The summed E-state index contributed by atoms with van der Waals surface area (Å²) in [5, 5.41) is 3.25. The van der Waals surface area contributed by atoms with Crippen molar-refractivity contribution in [1.29, 1.82) is 0 Å². The Balaban J connectivity index is 1.84. The molecule has 0 saturated carbocycles. The number of rotatable bonds is 3. The lowest BCUT2D eigenvalue weighted by Crippen LogP contribution is -2.54. The number of carbonyl (C=O) groups excluding carboxylic acids is 3. The Hall–Kier alpha value is -2.99. The SMILES string of the molecule is COC(=O)[C@]1(C)N[C@H](c2cccc(C)c2)[C@@H]2C(=O)N(c3ccccc3)C(=O)[C@@H]21. The first-order valence-electron chi connectivity index (χ1n) is 9.24. The predicted octanol–water partition coefficient (Wildman–Crippen LogP) is 2.38. The predicted molar refractivity (Wildman–Crippen MR) is 103 cm³/mol. The van der Waals surface area contributed by atoms with Crippen molar-refractivity contribution in [2.45, 2.75) is 25.4 Å². The van der Waals surface area contributed by atoms with Crippen LogP contribution in [0, 0.1) is 18.8 Å². The molecule has 0 spiro atoms. The highest BCUT2D eigenvalue weighted by molar-refractivity contribution is 6.24. The molecule has 4 rings (SSSR count). The first-order valence-corrected chi connectivity index (χ1v) is 9.24. The van der Waals surface area contributed by atoms with Gasteiger partial charge in [-0.15, -0.1) is 0 Å². The molecule has 2 aliphatic heterocycles. The summed E-state index contributed by atoms with van der Waals surface area (Å²) in [7, 11) is 1.29. The quantitative estimate of drug-likeness (QED) is 0.656. The van der Waals surface area contributed by atoms with E-state index in [1.165, 1.54) is 12.0 Å². The number of fused-ring (bicyclic) bond motifs is 1. The third-order valence-electron chi connectivity index (χ3n) is 5.81. The Morgan fingerprint density at radius 1 is 1.07 bits per heavy atom. The van der Waals surface area contributed by atoms with Crippen LogP contribution in [0.2, 0.25) is 0 Å². The van der Waals surface area contributed by atoms with Crippen molar-refractivity contribution in [2.75, 3.05) is 12.0 Å². The molecule has 2 aliphatic rings. The first kappa shape index (κ1) is 18.4. The Labute approximate surface area is 163 Å². The maximum absolute atomic E-state index is 13.4. The Bertz CT molecular complexity index is 958. The maximum Gasteiger partial charge on any atom is 0.326 e. The van der Waals surface area contributed by atoms with Gasteiger partial charge in [-0.1, -0.05) is 48.0 Å². The molecule has 0 bridgehead atoms. The molecule has 28 heavy (non-hydrogen) atoms. The Kier molecular flexibility index (Phi) is 4.31. The zero-order valence-corrected chi connectivity index (χ0v) is 16.0. The zero-order chi connectivity index (χ0) is 20.1. The number of aryl methyl sites for hydroxylation is 1. The first-order chi connectivity index (χ1) is 13.4. The summed E-state index contributed by atoms with van der Waals surface area (Å²) in [4.78, 5) is 40.6. The van der Waals surface area contributed by atoms with Crippen molar-refractivity contribution < 1.29 is 19.1 Å². The minimum Gasteiger partial charge on any atom is -0.468 e. The number of hydrogen-bond acceptors (Lipinski definition) is 5. The highest BCUT2D eigenvalue weighted by Crippen LogP contribution is 2.49. The summed E-state index contributed by atoms with van der Waals surface area (Å²) in [5.41, 5.74) is 1.14. The summed E-state index contributed by atoms with van der Waals surface area (Å²) in [6.07, 6.45) is 0. The number of hydrogen-bond donors (Lipinski definition) is 1. The molecular formula is C22H22N2O4. The van der Waals surface area contributed by atoms with E-state index < -0.39 is 29.4 Å². The average Bonchev–Trinajstić information content (AvgIpc) is 3.16. The molecule has 0 unspecified atom stereocenters. The van der Waals surface area contributed by atoms with Crippen molar-refractivity contribution >= 4 is 23.5 Å². The van der Waals surface area contributed by atoms with Crippen molar-refractivity contribution in [3.63, 3.8) is 0 Å². The molecule has 144 valence electrons. The van der Waals surface area contributed by atoms with Crippen LogP contribution in [0.4, 0.5) is 5.69 Å². The summed E-state index contributed by atoms with van der Waals surface area (Å²) in [6, 6.07) is 16.1. The van der Waals surface area contributed by atoms with E-state index in [9.17, 15) is 14.4 Å². The summed E-state index contributed by atoms with van der Waals surface area (Å²) in [6.45, 7) is 3.61. The van der Waals surface area contributed by atoms with Crippen LogP contribution in [0.1, 0.15) is 24.1 Å². The average molecular weight is 378 g/mol. The van der Waals surface area contributed by atoms with Crippen molar-refractivity contribution in [3.05, 3.63) is 65.7 Å². The van der Waals surface area contributed by atoms with Gasteiger partial charge in [-0.2, -0.15) is 0 Å². The molecule has 0 aromatic heterocycles. The van der Waals surface area contributed by atoms with Gasteiger partial charge in [0.15, 0.2) is 0 Å². The van der Waals surface area contributed by atoms with Gasteiger partial charge in [-0.25, -0.2) is 4.90 Å². The van der Waals surface area contributed by atoms with Gasteiger partial charge in [0.1, 0.15) is 5.54 Å². The minimum absolute atomic E-state index is 0.298. The van der Waals surface area contributed by atoms with Gasteiger partial charge in [-0.3, -0.25) is 19.7 Å². The highest BCUT2D eigenvalue weighted by Gasteiger charge is 2.67. The summed E-state index contributed by atoms with van der Waals surface area (Å²) in [5.74, 6) is -2.74. The van der Waals surface area contributed by atoms with Crippen molar-refractivity contribution in [2.24, 2.45) is 11.8 Å². The molecule has 4 atom stereocenters. The van der Waals surface area contributed by atoms with Crippen LogP contribution >= 0.6 is 0 Å². The number of ether oxygens (including phenoxy) is 1. The van der Waals surface area contributed by atoms with Gasteiger partial charge in [0.25, 0.3) is 0 Å². The second-order valence-electron chi connectivity index (χ2n) is 7.58. The molecule has 2 saturated heterocycles. The van der Waals surface area contributed by atoms with Gasteiger partial charge in [0.2, 0.25) is 11.8 Å². The molecular weight excluding hydrogens is 356 g/mol. The molecule has 1 N–H and O–H groups in total. The third-order valence-corrected chi connectivity index (χ3v) is 5.81. The van der Waals surface area contributed by atoms with Crippen LogP contribution in [-0.4, -0.2) is 30.4 Å². The van der Waals surface area contributed by atoms with E-state index >= 15 is 0 Å². The summed E-state index contributed by atoms with van der Waals surface area (Å²) >= 11 is 0. The van der Waals surface area contributed by atoms with Crippen LogP contribution in [-0.2, 0) is 19.1 Å². The Morgan fingerprint density at radius 3 is 2.43 bits per heavy atom. The van der Waals surface area contributed by atoms with Gasteiger partial charge in [0, 0.05) is 6.04 Å². The van der Waals surface area contributed by atoms with E-state index in [0.717, 1.165) is 11.1 Å². The number of amides is 2. The molecule has 2 heterocycles. The van der Waals surface area contributed by atoms with Gasteiger partial charge < -0.3 is 4.74 Å². The molecule has 0 radical (unpaired) electrons. The van der Waals surface area contributed by atoms with Crippen molar-refractivity contribution in [3.8, 4) is 0 Å². The van der Waals surface area contributed by atoms with Crippen LogP contribution in [0.3, 0.4) is 0 Å². The number of anilines is 1. The molecule has 2 aromatic rings. The fourth-order valence-corrected chi connectivity index (χ4v) is 4.52. The Morgan fingerprint density at radius 2 is 1.79 bits per heavy atom. The standard InChI is InChI=1S/C22H22N2O4/c1-13-8-7-9-14(12-13)18-16-17(22(2,23-18)21(27)28-3)20(26)24(19(16)25)15-10-5-4-6-11-15/h4-12,16-18,23H,1-3H3/t16-,17-,18-,22-/m1/s1. The number of nitrogens with zero attached hydrogens (tertiary/aromatic N) is 1. The van der Waals surface area contributed by atoms with E-state index in [-0.39, 0.29) is 11.8 Å². The maximum atomic E-state index is 13.4. The van der Waals surface area contributed by atoms with Crippen LogP contribution < -0.4 is 10.2 Å². The highest BCUT2D eigenvalue weighted by atomic mass is 16.5. The molecule has 2 amide bonds. The third kappa shape index (κ3) is 2.56. The number of imide groups is 1. The molecule has 6 nitrogen and oxygen atoms in total.